The van der Waals surface area contributed by atoms with Gasteiger partial charge < -0.3 is 15.2 Å². The Morgan fingerprint density at radius 1 is 1.19 bits per heavy atom. The first-order valence-electron chi connectivity index (χ1n) is 8.09. The summed E-state index contributed by atoms with van der Waals surface area (Å²) in [7, 11) is 0. The number of nitrogens with one attached hydrogen (secondary N) is 1. The van der Waals surface area contributed by atoms with Crippen LogP contribution in [-0.2, 0) is 4.74 Å². The second kappa shape index (κ2) is 6.55. The molecule has 4 nitrogen and oxygen atoms in total. The van der Waals surface area contributed by atoms with Gasteiger partial charge in [0.1, 0.15) is 5.60 Å². The maximum Gasteiger partial charge on any atom is 0.408 e. The van der Waals surface area contributed by atoms with Crippen molar-refractivity contribution in [2.75, 3.05) is 6.61 Å². The average Bonchev–Trinajstić information content (AvgIpc) is 2.25. The number of aliphatic hydroxyl groups is 1. The van der Waals surface area contributed by atoms with Crippen LogP contribution in [0.3, 0.4) is 0 Å². The van der Waals surface area contributed by atoms with Crippen molar-refractivity contribution in [3.05, 3.63) is 0 Å². The Kier molecular flexibility index (Phi) is 5.70. The van der Waals surface area contributed by atoms with Crippen LogP contribution in [-0.4, -0.2) is 28.9 Å². The number of alkyl carbamates (subject to hydrolysis) is 1. The van der Waals surface area contributed by atoms with Gasteiger partial charge in [-0.3, -0.25) is 0 Å². The monoisotopic (exact) mass is 299 g/mol. The van der Waals surface area contributed by atoms with E-state index in [0.717, 1.165) is 25.7 Å². The second-order valence-corrected chi connectivity index (χ2v) is 8.52. The smallest absolute Gasteiger partial charge is 0.408 e. The molecule has 0 heterocycles. The zero-order valence-corrected chi connectivity index (χ0v) is 14.6. The number of hydrogen-bond acceptors (Lipinski definition) is 3. The van der Waals surface area contributed by atoms with Gasteiger partial charge in [-0.2, -0.15) is 0 Å². The minimum atomic E-state index is -0.493. The van der Waals surface area contributed by atoms with Gasteiger partial charge in [0.05, 0.1) is 0 Å². The minimum absolute atomic E-state index is 0.0932. The molecule has 2 N–H and O–H groups in total. The number of carbonyl (C=O) groups is 1. The largest absolute Gasteiger partial charge is 0.444 e. The molecule has 1 fully saturated rings. The van der Waals surface area contributed by atoms with Crippen LogP contribution in [0.2, 0.25) is 0 Å². The first kappa shape index (κ1) is 18.3. The first-order chi connectivity index (χ1) is 9.47. The summed E-state index contributed by atoms with van der Waals surface area (Å²) in [5.41, 5.74) is -0.497. The molecule has 124 valence electrons. The van der Waals surface area contributed by atoms with E-state index in [1.807, 2.05) is 20.8 Å². The topological polar surface area (TPSA) is 58.6 Å². The molecule has 1 amide bonds. The number of carbonyl (C=O) groups excluding carboxylic acids is 1. The molecule has 1 aliphatic rings. The number of amides is 1. The molecule has 1 aliphatic carbocycles. The fraction of sp³-hybridized carbons (Fsp3) is 0.941. The van der Waals surface area contributed by atoms with Crippen LogP contribution in [0.4, 0.5) is 4.79 Å². The van der Waals surface area contributed by atoms with Gasteiger partial charge in [0.25, 0.3) is 0 Å². The van der Waals surface area contributed by atoms with Crippen molar-refractivity contribution in [2.45, 2.75) is 84.8 Å². The molecule has 4 heteroatoms. The quantitative estimate of drug-likeness (QED) is 0.831. The molecule has 1 saturated carbocycles. The first-order valence-corrected chi connectivity index (χ1v) is 8.09. The van der Waals surface area contributed by atoms with Crippen molar-refractivity contribution in [1.29, 1.82) is 0 Å². The predicted octanol–water partition coefficient (Wildman–Crippen LogP) is 3.87. The van der Waals surface area contributed by atoms with Crippen molar-refractivity contribution >= 4 is 6.09 Å². The molecule has 0 spiro atoms. The van der Waals surface area contributed by atoms with Gasteiger partial charge in [0.15, 0.2) is 0 Å². The van der Waals surface area contributed by atoms with Crippen LogP contribution in [0.1, 0.15) is 73.6 Å². The maximum atomic E-state index is 12.1. The lowest BCUT2D eigenvalue weighted by Gasteiger charge is -2.44. The molecule has 0 unspecified atom stereocenters. The summed E-state index contributed by atoms with van der Waals surface area (Å²) in [6, 6.07) is 0. The zero-order valence-electron chi connectivity index (χ0n) is 14.6. The minimum Gasteiger partial charge on any atom is -0.444 e. The summed E-state index contributed by atoms with van der Waals surface area (Å²) in [4.78, 5) is 12.1. The standard InChI is InChI=1S/C17H33NO3/c1-15(2,3)13-7-9-17(10-8-13,11-12-19)18-14(20)21-16(4,5)6/h13,19H,7-12H2,1-6H3,(H,18,20). The number of aliphatic hydroxyl groups excluding tert-OH is 1. The summed E-state index contributed by atoms with van der Waals surface area (Å²) < 4.78 is 5.37. The molecule has 0 aromatic rings. The van der Waals surface area contributed by atoms with Crippen molar-refractivity contribution in [2.24, 2.45) is 11.3 Å². The fourth-order valence-electron chi connectivity index (χ4n) is 3.21. The normalized spacial score (nSPS) is 27.3. The molecule has 21 heavy (non-hydrogen) atoms. The van der Waals surface area contributed by atoms with E-state index in [1.165, 1.54) is 0 Å². The number of hydrogen-bond donors (Lipinski definition) is 2. The van der Waals surface area contributed by atoms with Gasteiger partial charge >= 0.3 is 6.09 Å². The molecular formula is C17H33NO3. The van der Waals surface area contributed by atoms with Crippen molar-refractivity contribution in [3.8, 4) is 0 Å². The molecule has 0 atom stereocenters. The van der Waals surface area contributed by atoms with Gasteiger partial charge in [-0.1, -0.05) is 20.8 Å². The lowest BCUT2D eigenvalue weighted by Crippen LogP contribution is -2.53. The van der Waals surface area contributed by atoms with E-state index in [-0.39, 0.29) is 18.2 Å². The van der Waals surface area contributed by atoms with Gasteiger partial charge in [0, 0.05) is 12.1 Å². The van der Waals surface area contributed by atoms with Gasteiger partial charge in [-0.05, 0) is 64.2 Å². The molecule has 0 bridgehead atoms. The molecule has 1 rings (SSSR count). The van der Waals surface area contributed by atoms with Crippen molar-refractivity contribution in [3.63, 3.8) is 0 Å². The van der Waals surface area contributed by atoms with E-state index >= 15 is 0 Å². The Labute approximate surface area is 129 Å². The predicted molar refractivity (Wildman–Crippen MR) is 85.2 cm³/mol. The Hall–Kier alpha value is -0.770. The van der Waals surface area contributed by atoms with E-state index < -0.39 is 5.60 Å². The summed E-state index contributed by atoms with van der Waals surface area (Å²) in [6.07, 6.45) is 4.22. The second-order valence-electron chi connectivity index (χ2n) is 8.52. The maximum absolute atomic E-state index is 12.1. The van der Waals surface area contributed by atoms with Crippen LogP contribution in [0.5, 0.6) is 0 Å². The van der Waals surface area contributed by atoms with E-state index in [9.17, 15) is 9.90 Å². The average molecular weight is 299 g/mol. The summed E-state index contributed by atoms with van der Waals surface area (Å²) in [5.74, 6) is 0.671. The Morgan fingerprint density at radius 3 is 2.10 bits per heavy atom. The highest BCUT2D eigenvalue weighted by Gasteiger charge is 2.40. The third kappa shape index (κ3) is 5.85. The summed E-state index contributed by atoms with van der Waals surface area (Å²) >= 11 is 0. The Bertz CT molecular complexity index is 344. The molecule has 0 radical (unpaired) electrons. The summed E-state index contributed by atoms with van der Waals surface area (Å²) in [5, 5.41) is 12.4. The van der Waals surface area contributed by atoms with E-state index in [4.69, 9.17) is 4.74 Å². The van der Waals surface area contributed by atoms with E-state index in [0.29, 0.717) is 17.8 Å². The van der Waals surface area contributed by atoms with Crippen LogP contribution < -0.4 is 5.32 Å². The Balaban J connectivity index is 2.67. The Morgan fingerprint density at radius 2 is 1.71 bits per heavy atom. The highest BCUT2D eigenvalue weighted by molar-refractivity contribution is 5.68. The van der Waals surface area contributed by atoms with Crippen LogP contribution in [0, 0.1) is 11.3 Å². The third-order valence-corrected chi connectivity index (χ3v) is 4.52. The molecule has 0 aromatic heterocycles. The van der Waals surface area contributed by atoms with Crippen LogP contribution >= 0.6 is 0 Å². The zero-order chi connectivity index (χ0) is 16.3. The summed E-state index contributed by atoms with van der Waals surface area (Å²) in [6.45, 7) is 12.5. The molecule has 0 aliphatic heterocycles. The SMILES string of the molecule is CC(C)(C)OC(=O)NC1(CCO)CCC(C(C)(C)C)CC1. The van der Waals surface area contributed by atoms with Gasteiger partial charge in [0.2, 0.25) is 0 Å². The highest BCUT2D eigenvalue weighted by Crippen LogP contribution is 2.42. The molecular weight excluding hydrogens is 266 g/mol. The highest BCUT2D eigenvalue weighted by atomic mass is 16.6. The lowest BCUT2D eigenvalue weighted by molar-refractivity contribution is 0.0334. The van der Waals surface area contributed by atoms with Crippen molar-refractivity contribution in [1.82, 2.24) is 5.32 Å². The number of ether oxygens (including phenoxy) is 1. The molecule has 0 saturated heterocycles. The fourth-order valence-corrected chi connectivity index (χ4v) is 3.21. The number of rotatable bonds is 3. The van der Waals surface area contributed by atoms with Crippen molar-refractivity contribution < 1.29 is 14.6 Å². The van der Waals surface area contributed by atoms with Crippen LogP contribution in [0.15, 0.2) is 0 Å². The molecule has 0 aromatic carbocycles. The van der Waals surface area contributed by atoms with E-state index in [1.54, 1.807) is 0 Å². The van der Waals surface area contributed by atoms with Gasteiger partial charge in [-0.25, -0.2) is 4.79 Å². The van der Waals surface area contributed by atoms with E-state index in [2.05, 4.69) is 26.1 Å². The lowest BCUT2D eigenvalue weighted by atomic mass is 9.66. The van der Waals surface area contributed by atoms with Crippen LogP contribution in [0.25, 0.3) is 0 Å². The third-order valence-electron chi connectivity index (χ3n) is 4.52. The van der Waals surface area contributed by atoms with Gasteiger partial charge in [-0.15, -0.1) is 0 Å².